The Hall–Kier alpha value is -2.14. The van der Waals surface area contributed by atoms with Crippen molar-refractivity contribution in [2.24, 2.45) is 0 Å². The van der Waals surface area contributed by atoms with Crippen molar-refractivity contribution >= 4 is 40.1 Å². The molecule has 142 valence electrons. The third kappa shape index (κ3) is 4.30. The van der Waals surface area contributed by atoms with E-state index in [2.05, 4.69) is 0 Å². The van der Waals surface area contributed by atoms with Gasteiger partial charge in [0.25, 0.3) is 0 Å². The molecule has 1 aliphatic heterocycles. The Morgan fingerprint density at radius 2 is 1.25 bits per heavy atom. The molecular formula is C22H17Cl2O3S+. The smallest absolute Gasteiger partial charge is 0.347 e. The molecule has 0 spiro atoms. The minimum absolute atomic E-state index is 0.300. The van der Waals surface area contributed by atoms with Gasteiger partial charge in [-0.3, -0.25) is 0 Å². The minimum atomic E-state index is -0.517. The highest BCUT2D eigenvalue weighted by molar-refractivity contribution is 7.97. The molecule has 28 heavy (non-hydrogen) atoms. The van der Waals surface area contributed by atoms with Crippen LogP contribution in [-0.2, 0) is 20.4 Å². The molecule has 1 heterocycles. The average molecular weight is 432 g/mol. The van der Waals surface area contributed by atoms with Crippen LogP contribution in [0.2, 0.25) is 10.0 Å². The summed E-state index contributed by atoms with van der Waals surface area (Å²) < 4.78 is 10.7. The second-order valence-electron chi connectivity index (χ2n) is 6.25. The third-order valence-electron chi connectivity index (χ3n) is 4.32. The molecule has 0 N–H and O–H groups in total. The molecule has 6 heteroatoms. The number of benzene rings is 3. The fraction of sp³-hybridized carbons (Fsp3) is 0.136. The maximum absolute atomic E-state index is 11.6. The number of ether oxygens (including phenoxy) is 2. The summed E-state index contributed by atoms with van der Waals surface area (Å²) >= 11 is 12.1. The maximum atomic E-state index is 11.6. The number of halogens is 2. The van der Waals surface area contributed by atoms with E-state index in [4.69, 9.17) is 32.7 Å². The normalized spacial score (nSPS) is 16.2. The number of rotatable bonds is 5. The van der Waals surface area contributed by atoms with Gasteiger partial charge in [-0.05, 0) is 72.8 Å². The van der Waals surface area contributed by atoms with Crippen molar-refractivity contribution in [1.29, 1.82) is 0 Å². The van der Waals surface area contributed by atoms with Crippen molar-refractivity contribution in [3.8, 4) is 5.75 Å². The zero-order valence-corrected chi connectivity index (χ0v) is 17.1. The third-order valence-corrected chi connectivity index (χ3v) is 7.06. The lowest BCUT2D eigenvalue weighted by atomic mass is 10.3. The van der Waals surface area contributed by atoms with Crippen molar-refractivity contribution in [1.82, 2.24) is 0 Å². The van der Waals surface area contributed by atoms with Crippen LogP contribution in [-0.4, -0.2) is 18.7 Å². The monoisotopic (exact) mass is 431 g/mol. The van der Waals surface area contributed by atoms with Gasteiger partial charge in [0.15, 0.2) is 20.8 Å². The van der Waals surface area contributed by atoms with Crippen LogP contribution < -0.4 is 4.74 Å². The highest BCUT2D eigenvalue weighted by atomic mass is 35.5. The molecule has 1 atom stereocenters. The topological polar surface area (TPSA) is 35.5 Å². The number of carbonyl (C=O) groups excluding carboxylic acids is 1. The van der Waals surface area contributed by atoms with Crippen molar-refractivity contribution in [2.45, 2.75) is 27.2 Å². The fourth-order valence-corrected chi connectivity index (χ4v) is 5.25. The summed E-state index contributed by atoms with van der Waals surface area (Å²) in [5, 5.41) is 1.41. The Morgan fingerprint density at radius 1 is 0.786 bits per heavy atom. The zero-order chi connectivity index (χ0) is 19.5. The van der Waals surface area contributed by atoms with Gasteiger partial charge in [0.1, 0.15) is 5.75 Å². The number of esters is 1. The molecule has 0 saturated carbocycles. The molecule has 3 aromatic rings. The van der Waals surface area contributed by atoms with Crippen LogP contribution in [0.15, 0.2) is 87.5 Å². The van der Waals surface area contributed by atoms with E-state index in [0.29, 0.717) is 28.8 Å². The summed E-state index contributed by atoms with van der Waals surface area (Å²) in [6.45, 7) is 0.415. The standard InChI is InChI=1S/C22H17Cl2O3S/c23-15-1-7-18(8-2-15)28(19-9-3-16(24)4-10-19)20-11-5-17(6-12-20)27-21-13-14-26-22(21)25/h1-12,21H,13-14H2/q+1. The first-order chi connectivity index (χ1) is 13.6. The summed E-state index contributed by atoms with van der Waals surface area (Å²) in [6, 6.07) is 23.6. The van der Waals surface area contributed by atoms with Gasteiger partial charge in [-0.25, -0.2) is 4.79 Å². The van der Waals surface area contributed by atoms with Gasteiger partial charge in [0.2, 0.25) is 0 Å². The maximum Gasteiger partial charge on any atom is 0.347 e. The Kier molecular flexibility index (Phi) is 5.81. The van der Waals surface area contributed by atoms with Crippen molar-refractivity contribution in [3.05, 3.63) is 82.8 Å². The summed E-state index contributed by atoms with van der Waals surface area (Å²) in [4.78, 5) is 15.0. The number of cyclic esters (lactones) is 1. The van der Waals surface area contributed by atoms with E-state index in [0.717, 1.165) is 14.7 Å². The summed E-state index contributed by atoms with van der Waals surface area (Å²) in [5.41, 5.74) is 0. The van der Waals surface area contributed by atoms with Gasteiger partial charge in [0, 0.05) is 16.5 Å². The minimum Gasteiger partial charge on any atom is -0.479 e. The molecule has 0 aliphatic carbocycles. The summed E-state index contributed by atoms with van der Waals surface area (Å²) in [6.07, 6.45) is 0.0668. The van der Waals surface area contributed by atoms with Crippen LogP contribution in [0.1, 0.15) is 6.42 Å². The van der Waals surface area contributed by atoms with E-state index in [9.17, 15) is 4.79 Å². The SMILES string of the molecule is O=C1OCCC1Oc1ccc([S+](c2ccc(Cl)cc2)c2ccc(Cl)cc2)cc1. The molecule has 3 nitrogen and oxygen atoms in total. The average Bonchev–Trinajstić information content (AvgIpc) is 3.11. The lowest BCUT2D eigenvalue weighted by Crippen LogP contribution is -2.21. The Balaban J connectivity index is 1.65. The Bertz CT molecular complexity index is 911. The van der Waals surface area contributed by atoms with Crippen LogP contribution in [0.25, 0.3) is 0 Å². The molecule has 3 aromatic carbocycles. The van der Waals surface area contributed by atoms with Gasteiger partial charge in [-0.15, -0.1) is 0 Å². The number of hydrogen-bond acceptors (Lipinski definition) is 3. The number of hydrogen-bond donors (Lipinski definition) is 0. The van der Waals surface area contributed by atoms with Crippen molar-refractivity contribution in [3.63, 3.8) is 0 Å². The highest BCUT2D eigenvalue weighted by Gasteiger charge is 2.30. The van der Waals surface area contributed by atoms with E-state index in [1.165, 1.54) is 0 Å². The lowest BCUT2D eigenvalue weighted by Gasteiger charge is -2.11. The van der Waals surface area contributed by atoms with Crippen LogP contribution >= 0.6 is 23.2 Å². The van der Waals surface area contributed by atoms with Crippen LogP contribution in [0, 0.1) is 0 Å². The molecule has 1 saturated heterocycles. The predicted molar refractivity (Wildman–Crippen MR) is 112 cm³/mol. The lowest BCUT2D eigenvalue weighted by molar-refractivity contribution is -0.143. The highest BCUT2D eigenvalue weighted by Crippen LogP contribution is 2.33. The van der Waals surface area contributed by atoms with Crippen LogP contribution in [0.4, 0.5) is 0 Å². The molecule has 0 bridgehead atoms. The van der Waals surface area contributed by atoms with E-state index in [1.54, 1.807) is 0 Å². The van der Waals surface area contributed by atoms with Gasteiger partial charge in [0.05, 0.1) is 17.5 Å². The quantitative estimate of drug-likeness (QED) is 0.379. The molecule has 1 fully saturated rings. The van der Waals surface area contributed by atoms with Gasteiger partial charge in [-0.1, -0.05) is 23.2 Å². The zero-order valence-electron chi connectivity index (χ0n) is 14.8. The molecule has 0 amide bonds. The van der Waals surface area contributed by atoms with Crippen molar-refractivity contribution < 1.29 is 14.3 Å². The van der Waals surface area contributed by atoms with Gasteiger partial charge in [-0.2, -0.15) is 0 Å². The summed E-state index contributed by atoms with van der Waals surface area (Å²) in [5.74, 6) is 0.356. The van der Waals surface area contributed by atoms with E-state index in [-0.39, 0.29) is 16.9 Å². The second kappa shape index (κ2) is 8.48. The molecule has 0 aromatic heterocycles. The van der Waals surface area contributed by atoms with Gasteiger partial charge < -0.3 is 9.47 Å². The van der Waals surface area contributed by atoms with Gasteiger partial charge >= 0.3 is 5.97 Å². The fourth-order valence-electron chi connectivity index (χ4n) is 2.95. The molecule has 4 rings (SSSR count). The van der Waals surface area contributed by atoms with Crippen molar-refractivity contribution in [2.75, 3.05) is 6.61 Å². The molecule has 0 radical (unpaired) electrons. The molecular weight excluding hydrogens is 415 g/mol. The van der Waals surface area contributed by atoms with E-state index in [1.807, 2.05) is 72.8 Å². The molecule has 1 unspecified atom stereocenters. The first-order valence-corrected chi connectivity index (χ1v) is 10.8. The Morgan fingerprint density at radius 3 is 1.68 bits per heavy atom. The predicted octanol–water partition coefficient (Wildman–Crippen LogP) is 5.78. The first-order valence-electron chi connectivity index (χ1n) is 8.79. The second-order valence-corrected chi connectivity index (χ2v) is 9.15. The van der Waals surface area contributed by atoms with Crippen LogP contribution in [0.3, 0.4) is 0 Å². The Labute approximate surface area is 176 Å². The van der Waals surface area contributed by atoms with Crippen LogP contribution in [0.5, 0.6) is 5.75 Å². The van der Waals surface area contributed by atoms with E-state index >= 15 is 0 Å². The van der Waals surface area contributed by atoms with E-state index < -0.39 is 6.10 Å². The molecule has 1 aliphatic rings. The first kappa shape index (κ1) is 19.2. The largest absolute Gasteiger partial charge is 0.479 e. The number of carbonyl (C=O) groups is 1. The summed E-state index contributed by atoms with van der Waals surface area (Å²) in [7, 11) is -0.315.